The van der Waals surface area contributed by atoms with E-state index in [2.05, 4.69) is 31.8 Å². The monoisotopic (exact) mass is 533 g/mol. The number of rotatable bonds is 7. The van der Waals surface area contributed by atoms with Crippen LogP contribution in [0.5, 0.6) is 11.5 Å². The summed E-state index contributed by atoms with van der Waals surface area (Å²) < 4.78 is 25.7. The van der Waals surface area contributed by atoms with E-state index in [1.54, 1.807) is 48.5 Å². The van der Waals surface area contributed by atoms with Gasteiger partial charge in [0.2, 0.25) is 0 Å². The highest BCUT2D eigenvalue weighted by atomic mass is 79.9. The van der Waals surface area contributed by atoms with Gasteiger partial charge in [-0.1, -0.05) is 33.6 Å². The molecule has 3 rings (SSSR count). The minimum atomic E-state index is -0.928. The third-order valence-electron chi connectivity index (χ3n) is 4.31. The second kappa shape index (κ2) is 11.4. The van der Waals surface area contributed by atoms with Gasteiger partial charge in [-0.05, 0) is 60.2 Å². The summed E-state index contributed by atoms with van der Waals surface area (Å²) in [4.78, 5) is 23.9. The van der Waals surface area contributed by atoms with Crippen molar-refractivity contribution in [2.45, 2.75) is 6.61 Å². The third kappa shape index (κ3) is 6.77. The molecule has 0 aliphatic rings. The lowest BCUT2D eigenvalue weighted by Gasteiger charge is -2.12. The normalized spacial score (nSPS) is 10.7. The molecule has 0 heterocycles. The van der Waals surface area contributed by atoms with Crippen LogP contribution in [0, 0.1) is 5.82 Å². The summed E-state index contributed by atoms with van der Waals surface area (Å²) in [5.41, 5.74) is 3.42. The summed E-state index contributed by atoms with van der Waals surface area (Å²) in [5, 5.41) is 6.51. The molecule has 0 aromatic heterocycles. The number of carbonyl (C=O) groups is 2. The first-order valence-corrected chi connectivity index (χ1v) is 10.7. The number of carbonyl (C=O) groups excluding carboxylic acids is 2. The fourth-order valence-electron chi connectivity index (χ4n) is 2.64. The molecule has 0 spiro atoms. The first-order chi connectivity index (χ1) is 15.9. The molecule has 170 valence electrons. The number of hydrogen-bond donors (Lipinski definition) is 2. The zero-order valence-corrected chi connectivity index (χ0v) is 19.6. The van der Waals surface area contributed by atoms with E-state index in [0.29, 0.717) is 22.7 Å². The highest BCUT2D eigenvalue weighted by molar-refractivity contribution is 9.10. The second-order valence-corrected chi connectivity index (χ2v) is 7.88. The van der Waals surface area contributed by atoms with Crippen LogP contribution in [0.3, 0.4) is 0 Å². The molecule has 0 aliphatic heterocycles. The lowest BCUT2D eigenvalue weighted by atomic mass is 10.2. The summed E-state index contributed by atoms with van der Waals surface area (Å²) in [6.07, 6.45) is 1.34. The van der Waals surface area contributed by atoms with Crippen LogP contribution in [0.1, 0.15) is 11.1 Å². The number of anilines is 1. The van der Waals surface area contributed by atoms with Crippen LogP contribution in [-0.2, 0) is 16.2 Å². The zero-order valence-electron chi connectivity index (χ0n) is 17.3. The van der Waals surface area contributed by atoms with Crippen LogP contribution in [0.25, 0.3) is 0 Å². The Morgan fingerprint density at radius 2 is 1.85 bits per heavy atom. The average Bonchev–Trinajstić information content (AvgIpc) is 2.80. The largest absolute Gasteiger partial charge is 0.493 e. The molecule has 3 aromatic carbocycles. The van der Waals surface area contributed by atoms with Gasteiger partial charge in [-0.15, -0.1) is 0 Å². The molecule has 0 saturated carbocycles. The van der Waals surface area contributed by atoms with Crippen LogP contribution in [0.15, 0.2) is 70.2 Å². The minimum Gasteiger partial charge on any atom is -0.493 e. The van der Waals surface area contributed by atoms with Gasteiger partial charge in [0.1, 0.15) is 12.4 Å². The Bertz CT molecular complexity index is 1170. The fraction of sp³-hybridized carbons (Fsp3) is 0.0870. The van der Waals surface area contributed by atoms with E-state index < -0.39 is 17.6 Å². The van der Waals surface area contributed by atoms with Gasteiger partial charge in [0.25, 0.3) is 0 Å². The van der Waals surface area contributed by atoms with Crippen molar-refractivity contribution in [2.24, 2.45) is 5.10 Å². The van der Waals surface area contributed by atoms with E-state index in [9.17, 15) is 14.0 Å². The molecule has 0 atom stereocenters. The predicted molar refractivity (Wildman–Crippen MR) is 127 cm³/mol. The molecule has 3 aromatic rings. The second-order valence-electron chi connectivity index (χ2n) is 6.56. The third-order valence-corrected chi connectivity index (χ3v) is 5.19. The number of halogens is 3. The predicted octanol–water partition coefficient (Wildman–Crippen LogP) is 4.92. The van der Waals surface area contributed by atoms with E-state index in [4.69, 9.17) is 21.1 Å². The highest BCUT2D eigenvalue weighted by Crippen LogP contribution is 2.29. The molecule has 2 amide bonds. The van der Waals surface area contributed by atoms with Gasteiger partial charge < -0.3 is 14.8 Å². The Labute approximate surface area is 202 Å². The van der Waals surface area contributed by atoms with Gasteiger partial charge in [-0.3, -0.25) is 9.59 Å². The smallest absolute Gasteiger partial charge is 0.329 e. The maximum Gasteiger partial charge on any atom is 0.329 e. The molecule has 0 unspecified atom stereocenters. The zero-order chi connectivity index (χ0) is 23.8. The number of benzene rings is 3. The molecule has 10 heteroatoms. The van der Waals surface area contributed by atoms with Crippen molar-refractivity contribution < 1.29 is 23.5 Å². The van der Waals surface area contributed by atoms with Gasteiger partial charge in [0.05, 0.1) is 18.3 Å². The molecule has 7 nitrogen and oxygen atoms in total. The number of nitrogens with one attached hydrogen (secondary N) is 2. The van der Waals surface area contributed by atoms with Gasteiger partial charge >= 0.3 is 11.8 Å². The van der Waals surface area contributed by atoms with Gasteiger partial charge in [-0.2, -0.15) is 5.10 Å². The molecule has 0 aliphatic carbocycles. The van der Waals surface area contributed by atoms with Crippen molar-refractivity contribution in [2.75, 3.05) is 12.4 Å². The van der Waals surface area contributed by atoms with Crippen molar-refractivity contribution in [3.05, 3.63) is 87.1 Å². The summed E-state index contributed by atoms with van der Waals surface area (Å²) >= 11 is 9.31. The molecule has 0 fully saturated rings. The Hall–Kier alpha value is -3.43. The molecule has 0 saturated heterocycles. The average molecular weight is 535 g/mol. The van der Waals surface area contributed by atoms with E-state index in [-0.39, 0.29) is 17.2 Å². The van der Waals surface area contributed by atoms with Crippen LogP contribution in [0.4, 0.5) is 10.1 Å². The highest BCUT2D eigenvalue weighted by Gasteiger charge is 2.13. The molecular formula is C23H18BrClFN3O4. The minimum absolute atomic E-state index is 0.0845. The lowest BCUT2D eigenvalue weighted by molar-refractivity contribution is -0.136. The summed E-state index contributed by atoms with van der Waals surface area (Å²) in [6.45, 7) is -0.0845. The topological polar surface area (TPSA) is 89.0 Å². The molecular weight excluding hydrogens is 517 g/mol. The van der Waals surface area contributed by atoms with Crippen molar-refractivity contribution >= 4 is 51.2 Å². The summed E-state index contributed by atoms with van der Waals surface area (Å²) in [6, 6.07) is 16.0. The van der Waals surface area contributed by atoms with Crippen LogP contribution in [0.2, 0.25) is 5.02 Å². The Balaban J connectivity index is 1.59. The van der Waals surface area contributed by atoms with Crippen molar-refractivity contribution in [3.63, 3.8) is 0 Å². The van der Waals surface area contributed by atoms with E-state index in [0.717, 1.165) is 4.47 Å². The number of hydrazone groups is 1. The van der Waals surface area contributed by atoms with Gasteiger partial charge in [0.15, 0.2) is 11.5 Å². The van der Waals surface area contributed by atoms with Crippen molar-refractivity contribution in [1.82, 2.24) is 5.43 Å². The number of amides is 2. The number of hydrogen-bond acceptors (Lipinski definition) is 5. The summed E-state index contributed by atoms with van der Waals surface area (Å²) in [5.74, 6) is -1.52. The van der Waals surface area contributed by atoms with Crippen molar-refractivity contribution in [3.8, 4) is 11.5 Å². The van der Waals surface area contributed by atoms with Gasteiger partial charge in [-0.25, -0.2) is 9.82 Å². The number of ether oxygens (including phenoxy) is 2. The molecule has 2 N–H and O–H groups in total. The van der Waals surface area contributed by atoms with Crippen molar-refractivity contribution in [1.29, 1.82) is 0 Å². The lowest BCUT2D eigenvalue weighted by Crippen LogP contribution is -2.32. The number of methoxy groups -OCH3 is 1. The standard InChI is InChI=1S/C23H18BrClFN3O4/c1-32-21-11-14(5-10-20(21)33-13-17-18(25)3-2-4-19(17)26)12-27-29-23(31)22(30)28-16-8-6-15(24)7-9-16/h2-12H,13H2,1H3,(H,28,30)(H,29,31)/b27-12+. The SMILES string of the molecule is COc1cc(/C=N/NC(=O)C(=O)Nc2ccc(Br)cc2)ccc1OCc1c(F)cccc1Cl. The molecule has 0 bridgehead atoms. The van der Waals surface area contributed by atoms with Gasteiger partial charge in [0, 0.05) is 15.7 Å². The van der Waals surface area contributed by atoms with Crippen LogP contribution in [-0.4, -0.2) is 25.1 Å². The first kappa shape index (κ1) is 24.2. The van der Waals surface area contributed by atoms with Crippen LogP contribution >= 0.6 is 27.5 Å². The maximum absolute atomic E-state index is 13.9. The Kier molecular flexibility index (Phi) is 8.39. The number of nitrogens with zero attached hydrogens (tertiary/aromatic N) is 1. The van der Waals surface area contributed by atoms with E-state index >= 15 is 0 Å². The fourth-order valence-corrected chi connectivity index (χ4v) is 3.12. The van der Waals surface area contributed by atoms with E-state index in [1.807, 2.05) is 0 Å². The maximum atomic E-state index is 13.9. The Morgan fingerprint density at radius 1 is 1.09 bits per heavy atom. The van der Waals surface area contributed by atoms with E-state index in [1.165, 1.54) is 25.5 Å². The quantitative estimate of drug-likeness (QED) is 0.256. The molecule has 33 heavy (non-hydrogen) atoms. The Morgan fingerprint density at radius 3 is 2.55 bits per heavy atom. The summed E-state index contributed by atoms with van der Waals surface area (Å²) in [7, 11) is 1.45. The van der Waals surface area contributed by atoms with Crippen LogP contribution < -0.4 is 20.2 Å². The molecule has 0 radical (unpaired) electrons. The first-order valence-electron chi connectivity index (χ1n) is 9.51.